The number of unbranched alkanes of at least 4 members (excludes halogenated alkanes) is 1. The molecule has 1 aromatic rings. The molecule has 21 heavy (non-hydrogen) atoms. The lowest BCUT2D eigenvalue weighted by atomic mass is 10.1. The minimum Gasteiger partial charge on any atom is -0.378 e. The Bertz CT molecular complexity index is 491. The van der Waals surface area contributed by atoms with E-state index in [-0.39, 0.29) is 22.8 Å². The molecule has 1 aliphatic rings. The average Bonchev–Trinajstić information content (AvgIpc) is 2.46. The number of aliphatic imine (C=N–C) groups is 1. The zero-order valence-electron chi connectivity index (χ0n) is 11.8. The first-order valence-corrected chi connectivity index (χ1v) is 7.69. The molecule has 0 spiro atoms. The first-order chi connectivity index (χ1) is 9.74. The maximum atomic E-state index is 12.7. The van der Waals surface area contributed by atoms with Crippen molar-refractivity contribution in [1.29, 1.82) is 0 Å². The van der Waals surface area contributed by atoms with Gasteiger partial charge in [-0.15, -0.1) is 17.0 Å². The van der Waals surface area contributed by atoms with Crippen molar-refractivity contribution in [2.24, 2.45) is 10.7 Å². The summed E-state index contributed by atoms with van der Waals surface area (Å²) in [6, 6.07) is 6.42. The van der Waals surface area contributed by atoms with Crippen LogP contribution in [0, 0.1) is 5.82 Å². The lowest BCUT2D eigenvalue weighted by molar-refractivity contribution is 0.117. The van der Waals surface area contributed by atoms with Crippen molar-refractivity contribution < 1.29 is 9.13 Å². The van der Waals surface area contributed by atoms with Gasteiger partial charge in [-0.3, -0.25) is 0 Å². The second-order valence-corrected chi connectivity index (χ2v) is 5.68. The third kappa shape index (κ3) is 7.11. The number of halogens is 2. The first-order valence-electron chi connectivity index (χ1n) is 6.70. The van der Waals surface area contributed by atoms with E-state index in [0.29, 0.717) is 11.8 Å². The number of benzene rings is 1. The van der Waals surface area contributed by atoms with Gasteiger partial charge in [0.2, 0.25) is 0 Å². The molecule has 0 aromatic heterocycles. The van der Waals surface area contributed by atoms with E-state index in [9.17, 15) is 4.39 Å². The smallest absolute Gasteiger partial charge is 0.158 e. The highest BCUT2D eigenvalue weighted by Crippen LogP contribution is 2.18. The number of ether oxygens (including phenoxy) is 1. The van der Waals surface area contributed by atoms with E-state index in [2.05, 4.69) is 4.99 Å². The number of nitrogens with two attached hydrogens (primary N) is 1. The van der Waals surface area contributed by atoms with Gasteiger partial charge in [-0.2, -0.15) is 0 Å². The third-order valence-corrected chi connectivity index (χ3v) is 3.91. The summed E-state index contributed by atoms with van der Waals surface area (Å²) >= 11 is 1.59. The van der Waals surface area contributed by atoms with Crippen molar-refractivity contribution in [3.05, 3.63) is 47.4 Å². The van der Waals surface area contributed by atoms with Gasteiger partial charge in [0.15, 0.2) is 5.17 Å². The van der Waals surface area contributed by atoms with Crippen LogP contribution < -0.4 is 5.73 Å². The molecule has 6 heteroatoms. The Morgan fingerprint density at radius 3 is 2.67 bits per heavy atom. The van der Waals surface area contributed by atoms with Crippen molar-refractivity contribution >= 4 is 33.9 Å². The summed E-state index contributed by atoms with van der Waals surface area (Å²) in [6.45, 7) is 1.27. The molecule has 1 heterocycles. The normalized spacial score (nSPS) is 14.1. The van der Waals surface area contributed by atoms with Crippen LogP contribution >= 0.6 is 28.7 Å². The summed E-state index contributed by atoms with van der Waals surface area (Å²) in [4.78, 5) is 4.11. The van der Waals surface area contributed by atoms with Crippen molar-refractivity contribution in [2.75, 3.05) is 12.4 Å². The molecule has 2 N–H and O–H groups in total. The SMILES string of the molecule is Br.NC1=NC=C(CCCCOCc2ccc(F)cc2)CS1. The second-order valence-electron chi connectivity index (χ2n) is 4.68. The molecule has 0 bridgehead atoms. The Labute approximate surface area is 139 Å². The number of thioether (sulfide) groups is 1. The summed E-state index contributed by atoms with van der Waals surface area (Å²) in [5, 5.41) is 0.649. The predicted octanol–water partition coefficient (Wildman–Crippen LogP) is 4.04. The zero-order valence-corrected chi connectivity index (χ0v) is 14.3. The Kier molecular flexibility index (Phi) is 8.64. The molecule has 0 atom stereocenters. The maximum Gasteiger partial charge on any atom is 0.158 e. The van der Waals surface area contributed by atoms with Gasteiger partial charge in [0.05, 0.1) is 6.61 Å². The van der Waals surface area contributed by atoms with Crippen LogP contribution in [0.4, 0.5) is 4.39 Å². The van der Waals surface area contributed by atoms with Gasteiger partial charge in [-0.05, 0) is 42.5 Å². The Morgan fingerprint density at radius 1 is 1.24 bits per heavy atom. The average molecular weight is 375 g/mol. The fraction of sp³-hybridized carbons (Fsp3) is 0.400. The summed E-state index contributed by atoms with van der Waals surface area (Å²) < 4.78 is 18.3. The maximum absolute atomic E-state index is 12.7. The predicted molar refractivity (Wildman–Crippen MR) is 92.4 cm³/mol. The Hall–Kier alpha value is -0.850. The zero-order chi connectivity index (χ0) is 14.2. The number of rotatable bonds is 7. The van der Waals surface area contributed by atoms with Crippen LogP contribution in [0.5, 0.6) is 0 Å². The third-order valence-electron chi connectivity index (χ3n) is 3.00. The molecule has 0 radical (unpaired) electrons. The van der Waals surface area contributed by atoms with Crippen LogP contribution in [0.25, 0.3) is 0 Å². The fourth-order valence-electron chi connectivity index (χ4n) is 1.86. The van der Waals surface area contributed by atoms with E-state index in [1.165, 1.54) is 17.7 Å². The Morgan fingerprint density at radius 2 is 2.00 bits per heavy atom. The minimum atomic E-state index is -0.212. The van der Waals surface area contributed by atoms with E-state index in [0.717, 1.165) is 37.2 Å². The van der Waals surface area contributed by atoms with Gasteiger partial charge in [0, 0.05) is 18.6 Å². The monoisotopic (exact) mass is 374 g/mol. The van der Waals surface area contributed by atoms with E-state index >= 15 is 0 Å². The molecule has 0 amide bonds. The number of hydrogen-bond acceptors (Lipinski definition) is 4. The quantitative estimate of drug-likeness (QED) is 0.732. The number of amidine groups is 1. The lowest BCUT2D eigenvalue weighted by Crippen LogP contribution is -2.10. The summed E-state index contributed by atoms with van der Waals surface area (Å²) in [5.74, 6) is 0.738. The summed E-state index contributed by atoms with van der Waals surface area (Å²) in [6.07, 6.45) is 5.03. The van der Waals surface area contributed by atoms with Crippen molar-refractivity contribution in [1.82, 2.24) is 0 Å². The molecular formula is C15H20BrFN2OS. The van der Waals surface area contributed by atoms with Gasteiger partial charge < -0.3 is 10.5 Å². The number of nitrogens with zero attached hydrogens (tertiary/aromatic N) is 1. The van der Waals surface area contributed by atoms with Crippen molar-refractivity contribution in [3.63, 3.8) is 0 Å². The molecule has 116 valence electrons. The first kappa shape index (κ1) is 18.2. The molecule has 0 unspecified atom stereocenters. The van der Waals surface area contributed by atoms with Crippen LogP contribution in [0.1, 0.15) is 24.8 Å². The summed E-state index contributed by atoms with van der Waals surface area (Å²) in [5.41, 5.74) is 7.92. The molecule has 1 aliphatic heterocycles. The van der Waals surface area contributed by atoms with Gasteiger partial charge in [-0.1, -0.05) is 23.9 Å². The molecule has 3 nitrogen and oxygen atoms in total. The van der Waals surface area contributed by atoms with Gasteiger partial charge in [0.25, 0.3) is 0 Å². The van der Waals surface area contributed by atoms with Crippen LogP contribution in [0.3, 0.4) is 0 Å². The van der Waals surface area contributed by atoms with Crippen molar-refractivity contribution in [2.45, 2.75) is 25.9 Å². The van der Waals surface area contributed by atoms with E-state index in [1.54, 1.807) is 23.9 Å². The highest BCUT2D eigenvalue weighted by Gasteiger charge is 2.05. The van der Waals surface area contributed by atoms with Crippen LogP contribution in [-0.4, -0.2) is 17.5 Å². The van der Waals surface area contributed by atoms with E-state index < -0.39 is 0 Å². The second kappa shape index (κ2) is 9.97. The topological polar surface area (TPSA) is 47.6 Å². The van der Waals surface area contributed by atoms with Gasteiger partial charge in [-0.25, -0.2) is 9.38 Å². The molecule has 2 rings (SSSR count). The van der Waals surface area contributed by atoms with Crippen molar-refractivity contribution in [3.8, 4) is 0 Å². The lowest BCUT2D eigenvalue weighted by Gasteiger charge is -2.10. The summed E-state index contributed by atoms with van der Waals surface area (Å²) in [7, 11) is 0. The van der Waals surface area contributed by atoms with Crippen LogP contribution in [-0.2, 0) is 11.3 Å². The molecule has 0 aliphatic carbocycles. The van der Waals surface area contributed by atoms with E-state index in [4.69, 9.17) is 10.5 Å². The standard InChI is InChI=1S/C15H19FN2OS.BrH/c16-14-6-4-12(5-7-14)10-19-8-2-1-3-13-9-18-15(17)20-11-13;/h4-7,9H,1-3,8,10-11H2,(H2,17,18);1H. The highest BCUT2D eigenvalue weighted by atomic mass is 79.9. The van der Waals surface area contributed by atoms with Crippen LogP contribution in [0.15, 0.2) is 41.0 Å². The van der Waals surface area contributed by atoms with Gasteiger partial charge >= 0.3 is 0 Å². The largest absolute Gasteiger partial charge is 0.378 e. The highest BCUT2D eigenvalue weighted by molar-refractivity contribution is 8.93. The Balaban J connectivity index is 0.00000220. The number of hydrogen-bond donors (Lipinski definition) is 1. The van der Waals surface area contributed by atoms with Crippen LogP contribution in [0.2, 0.25) is 0 Å². The fourth-order valence-corrected chi connectivity index (χ4v) is 2.54. The molecule has 0 saturated heterocycles. The van der Waals surface area contributed by atoms with Gasteiger partial charge in [0.1, 0.15) is 5.82 Å². The van der Waals surface area contributed by atoms with E-state index in [1.807, 2.05) is 6.20 Å². The molecule has 1 aromatic carbocycles. The molecular weight excluding hydrogens is 355 g/mol. The minimum absolute atomic E-state index is 0. The molecule has 0 fully saturated rings. The molecule has 0 saturated carbocycles.